The zero-order chi connectivity index (χ0) is 11.0. The smallest absolute Gasteiger partial charge is 0.0555 e. The second-order valence-corrected chi connectivity index (χ2v) is 5.90. The van der Waals surface area contributed by atoms with Gasteiger partial charge in [-0.3, -0.25) is 4.90 Å². The van der Waals surface area contributed by atoms with Crippen molar-refractivity contribution in [3.63, 3.8) is 0 Å². The zero-order valence-corrected chi connectivity index (χ0v) is 10.1. The normalized spacial score (nSPS) is 38.1. The Bertz CT molecular complexity index is 234. The van der Waals surface area contributed by atoms with Crippen molar-refractivity contribution < 1.29 is 5.11 Å². The van der Waals surface area contributed by atoms with E-state index in [1.807, 2.05) is 0 Å². The van der Waals surface area contributed by atoms with Crippen LogP contribution in [0, 0.1) is 5.92 Å². The third-order valence-corrected chi connectivity index (χ3v) is 4.51. The van der Waals surface area contributed by atoms with Crippen molar-refractivity contribution in [1.82, 2.24) is 9.80 Å². The van der Waals surface area contributed by atoms with Gasteiger partial charge in [-0.25, -0.2) is 0 Å². The molecular formula is C13H24N2O. The van der Waals surface area contributed by atoms with Gasteiger partial charge in [0.05, 0.1) is 6.10 Å². The summed E-state index contributed by atoms with van der Waals surface area (Å²) in [5.74, 6) is 1.03. The average molecular weight is 224 g/mol. The molecule has 3 nitrogen and oxygen atoms in total. The van der Waals surface area contributed by atoms with Crippen molar-refractivity contribution in [3.05, 3.63) is 0 Å². The summed E-state index contributed by atoms with van der Waals surface area (Å²) in [7, 11) is 0. The number of aliphatic hydroxyl groups excluding tert-OH is 1. The molecule has 0 spiro atoms. The van der Waals surface area contributed by atoms with Gasteiger partial charge in [0, 0.05) is 38.8 Å². The maximum absolute atomic E-state index is 9.57. The molecule has 3 rings (SSSR count). The Balaban J connectivity index is 1.43. The molecule has 0 amide bonds. The summed E-state index contributed by atoms with van der Waals surface area (Å²) in [5.41, 5.74) is 0. The molecule has 1 heterocycles. The third kappa shape index (κ3) is 2.58. The van der Waals surface area contributed by atoms with Crippen LogP contribution < -0.4 is 0 Å². The molecule has 2 aliphatic carbocycles. The highest BCUT2D eigenvalue weighted by molar-refractivity contribution is 4.87. The van der Waals surface area contributed by atoms with Gasteiger partial charge < -0.3 is 10.0 Å². The van der Waals surface area contributed by atoms with Gasteiger partial charge >= 0.3 is 0 Å². The van der Waals surface area contributed by atoms with Gasteiger partial charge in [0.25, 0.3) is 0 Å². The van der Waals surface area contributed by atoms with Gasteiger partial charge in [-0.05, 0) is 38.0 Å². The second kappa shape index (κ2) is 4.63. The Labute approximate surface area is 98.4 Å². The van der Waals surface area contributed by atoms with E-state index in [4.69, 9.17) is 0 Å². The highest BCUT2D eigenvalue weighted by Gasteiger charge is 2.31. The van der Waals surface area contributed by atoms with Crippen LogP contribution in [-0.4, -0.2) is 59.8 Å². The van der Waals surface area contributed by atoms with Crippen molar-refractivity contribution in [1.29, 1.82) is 0 Å². The molecule has 3 fully saturated rings. The number of aliphatic hydroxyl groups is 1. The van der Waals surface area contributed by atoms with Gasteiger partial charge in [0.1, 0.15) is 0 Å². The Hall–Kier alpha value is -0.120. The second-order valence-electron chi connectivity index (χ2n) is 5.90. The molecule has 0 aromatic heterocycles. The fourth-order valence-corrected chi connectivity index (χ4v) is 3.24. The average Bonchev–Trinajstić information content (AvgIpc) is 3.00. The van der Waals surface area contributed by atoms with Gasteiger partial charge in [0.15, 0.2) is 0 Å². The number of rotatable bonds is 3. The van der Waals surface area contributed by atoms with Crippen molar-refractivity contribution in [3.8, 4) is 0 Å². The fraction of sp³-hybridized carbons (Fsp3) is 1.00. The predicted molar refractivity (Wildman–Crippen MR) is 64.4 cm³/mol. The minimum absolute atomic E-state index is 0.0190. The Morgan fingerprint density at radius 1 is 0.938 bits per heavy atom. The highest BCUT2D eigenvalue weighted by Crippen LogP contribution is 2.30. The van der Waals surface area contributed by atoms with E-state index >= 15 is 0 Å². The summed E-state index contributed by atoms with van der Waals surface area (Å²) in [5, 5.41) is 9.57. The van der Waals surface area contributed by atoms with Crippen LogP contribution in [0.2, 0.25) is 0 Å². The van der Waals surface area contributed by atoms with Crippen molar-refractivity contribution in [2.24, 2.45) is 5.92 Å². The molecule has 2 atom stereocenters. The minimum Gasteiger partial charge on any atom is -0.393 e. The molecule has 1 aliphatic heterocycles. The lowest BCUT2D eigenvalue weighted by Crippen LogP contribution is -2.50. The molecule has 2 unspecified atom stereocenters. The van der Waals surface area contributed by atoms with E-state index in [2.05, 4.69) is 9.80 Å². The first-order valence-electron chi connectivity index (χ1n) is 6.96. The minimum atomic E-state index is -0.0190. The molecule has 0 aromatic carbocycles. The van der Waals surface area contributed by atoms with E-state index in [0.717, 1.165) is 18.8 Å². The van der Waals surface area contributed by atoms with Gasteiger partial charge in [0.2, 0.25) is 0 Å². The molecule has 1 N–H and O–H groups in total. The monoisotopic (exact) mass is 224 g/mol. The molecule has 92 valence electrons. The zero-order valence-electron chi connectivity index (χ0n) is 10.1. The summed E-state index contributed by atoms with van der Waals surface area (Å²) in [4.78, 5) is 5.25. The first-order valence-corrected chi connectivity index (χ1v) is 6.96. The number of piperazine rings is 1. The molecule has 3 heteroatoms. The topological polar surface area (TPSA) is 26.7 Å². The largest absolute Gasteiger partial charge is 0.393 e. The summed E-state index contributed by atoms with van der Waals surface area (Å²) in [6, 6.07) is 0.679. The SMILES string of the molecule is OC1CCC(N2CCN(CC3CC3)CC2)C1. The lowest BCUT2D eigenvalue weighted by Gasteiger charge is -2.38. The van der Waals surface area contributed by atoms with Crippen LogP contribution in [-0.2, 0) is 0 Å². The Kier molecular flexibility index (Phi) is 3.18. The third-order valence-electron chi connectivity index (χ3n) is 4.51. The summed E-state index contributed by atoms with van der Waals surface area (Å²) >= 11 is 0. The Morgan fingerprint density at radius 2 is 1.69 bits per heavy atom. The van der Waals surface area contributed by atoms with E-state index < -0.39 is 0 Å². The van der Waals surface area contributed by atoms with Crippen LogP contribution in [0.1, 0.15) is 32.1 Å². The molecule has 0 bridgehead atoms. The van der Waals surface area contributed by atoms with E-state index in [0.29, 0.717) is 6.04 Å². The molecule has 16 heavy (non-hydrogen) atoms. The number of hydrogen-bond acceptors (Lipinski definition) is 3. The van der Waals surface area contributed by atoms with Crippen molar-refractivity contribution in [2.45, 2.75) is 44.2 Å². The summed E-state index contributed by atoms with van der Waals surface area (Å²) < 4.78 is 0. The fourth-order valence-electron chi connectivity index (χ4n) is 3.24. The van der Waals surface area contributed by atoms with Crippen LogP contribution in [0.3, 0.4) is 0 Å². The molecule has 0 aromatic rings. The summed E-state index contributed by atoms with van der Waals surface area (Å²) in [6.45, 7) is 6.31. The van der Waals surface area contributed by atoms with Crippen molar-refractivity contribution in [2.75, 3.05) is 32.7 Å². The lowest BCUT2D eigenvalue weighted by molar-refractivity contribution is 0.0866. The van der Waals surface area contributed by atoms with Crippen molar-refractivity contribution >= 4 is 0 Å². The van der Waals surface area contributed by atoms with E-state index in [1.54, 1.807) is 0 Å². The van der Waals surface area contributed by atoms with Crippen LogP contribution in [0.25, 0.3) is 0 Å². The molecule has 0 radical (unpaired) electrons. The van der Waals surface area contributed by atoms with E-state index in [1.165, 1.54) is 52.0 Å². The van der Waals surface area contributed by atoms with E-state index in [-0.39, 0.29) is 6.10 Å². The Morgan fingerprint density at radius 3 is 2.25 bits per heavy atom. The first kappa shape index (κ1) is 11.0. The predicted octanol–water partition coefficient (Wildman–Crippen LogP) is 0.927. The van der Waals surface area contributed by atoms with Crippen LogP contribution in [0.15, 0.2) is 0 Å². The van der Waals surface area contributed by atoms with E-state index in [9.17, 15) is 5.11 Å². The number of nitrogens with zero attached hydrogens (tertiary/aromatic N) is 2. The first-order chi connectivity index (χ1) is 7.81. The molecular weight excluding hydrogens is 200 g/mol. The molecule has 3 aliphatic rings. The van der Waals surface area contributed by atoms with Gasteiger partial charge in [-0.1, -0.05) is 0 Å². The summed E-state index contributed by atoms with van der Waals surface area (Å²) in [6.07, 6.45) is 6.16. The lowest BCUT2D eigenvalue weighted by atomic mass is 10.1. The molecule has 2 saturated carbocycles. The quantitative estimate of drug-likeness (QED) is 0.772. The van der Waals surface area contributed by atoms with Gasteiger partial charge in [-0.2, -0.15) is 0 Å². The maximum Gasteiger partial charge on any atom is 0.0555 e. The van der Waals surface area contributed by atoms with Gasteiger partial charge in [-0.15, -0.1) is 0 Å². The molecule has 1 saturated heterocycles. The highest BCUT2D eigenvalue weighted by atomic mass is 16.3. The number of hydrogen-bond donors (Lipinski definition) is 1. The standard InChI is InChI=1S/C13H24N2O/c16-13-4-3-12(9-13)15-7-5-14(6-8-15)10-11-1-2-11/h11-13,16H,1-10H2. The maximum atomic E-state index is 9.57. The van der Waals surface area contributed by atoms with Crippen LogP contribution >= 0.6 is 0 Å². The van der Waals surface area contributed by atoms with Crippen LogP contribution in [0.5, 0.6) is 0 Å². The van der Waals surface area contributed by atoms with Crippen LogP contribution in [0.4, 0.5) is 0 Å².